The first-order chi connectivity index (χ1) is 9.22. The number of aliphatic hydroxyl groups is 1. The first-order valence-corrected chi connectivity index (χ1v) is 6.61. The van der Waals surface area contributed by atoms with Crippen LogP contribution in [-0.2, 0) is 15.9 Å². The minimum atomic E-state index is -0.497. The number of aromatic nitrogens is 1. The van der Waals surface area contributed by atoms with Crippen molar-refractivity contribution in [2.75, 3.05) is 33.4 Å². The molecule has 0 amide bonds. The monoisotopic (exact) mass is 268 g/mol. The molecule has 0 saturated heterocycles. The van der Waals surface area contributed by atoms with Gasteiger partial charge in [-0.2, -0.15) is 0 Å². The first-order valence-electron chi connectivity index (χ1n) is 6.61. The summed E-state index contributed by atoms with van der Waals surface area (Å²) in [6, 6.07) is 5.87. The van der Waals surface area contributed by atoms with Gasteiger partial charge in [0.05, 0.1) is 25.4 Å². The summed E-state index contributed by atoms with van der Waals surface area (Å²) in [4.78, 5) is 4.23. The molecule has 1 aromatic heterocycles. The van der Waals surface area contributed by atoms with Gasteiger partial charge in [-0.25, -0.2) is 0 Å². The zero-order valence-electron chi connectivity index (χ0n) is 11.7. The molecule has 0 radical (unpaired) electrons. The van der Waals surface area contributed by atoms with E-state index in [0.717, 1.165) is 18.7 Å². The maximum absolute atomic E-state index is 9.72. The predicted octanol–water partition coefficient (Wildman–Crippen LogP) is 0.626. The fourth-order valence-electron chi connectivity index (χ4n) is 1.65. The fourth-order valence-corrected chi connectivity index (χ4v) is 1.65. The maximum Gasteiger partial charge on any atom is 0.0897 e. The van der Waals surface area contributed by atoms with Crippen molar-refractivity contribution >= 4 is 0 Å². The van der Waals surface area contributed by atoms with Crippen LogP contribution < -0.4 is 5.32 Å². The zero-order chi connectivity index (χ0) is 13.9. The summed E-state index contributed by atoms with van der Waals surface area (Å²) in [5.41, 5.74) is 1.05. The Hall–Kier alpha value is -1.01. The van der Waals surface area contributed by atoms with Crippen molar-refractivity contribution in [2.45, 2.75) is 25.6 Å². The van der Waals surface area contributed by atoms with Crippen LogP contribution in [0.3, 0.4) is 0 Å². The third kappa shape index (κ3) is 7.89. The molecule has 2 unspecified atom stereocenters. The minimum Gasteiger partial charge on any atom is -0.389 e. The standard InChI is InChI=1S/C14H24N2O3/c1-12(10-18-2)19-11-14(17)9-15-8-6-13-5-3-4-7-16-13/h3-5,7,12,14-15,17H,6,8-11H2,1-2H3. The summed E-state index contributed by atoms with van der Waals surface area (Å²) in [7, 11) is 1.63. The number of hydrogen-bond acceptors (Lipinski definition) is 5. The van der Waals surface area contributed by atoms with Gasteiger partial charge in [0.1, 0.15) is 0 Å². The Labute approximate surface area is 115 Å². The van der Waals surface area contributed by atoms with E-state index < -0.39 is 6.10 Å². The summed E-state index contributed by atoms with van der Waals surface area (Å²) >= 11 is 0. The summed E-state index contributed by atoms with van der Waals surface area (Å²) in [6.45, 7) is 4.10. The lowest BCUT2D eigenvalue weighted by Crippen LogP contribution is -2.33. The van der Waals surface area contributed by atoms with Crippen molar-refractivity contribution in [1.82, 2.24) is 10.3 Å². The van der Waals surface area contributed by atoms with Gasteiger partial charge in [0, 0.05) is 38.5 Å². The van der Waals surface area contributed by atoms with Gasteiger partial charge in [-0.15, -0.1) is 0 Å². The van der Waals surface area contributed by atoms with Gasteiger partial charge >= 0.3 is 0 Å². The van der Waals surface area contributed by atoms with Gasteiger partial charge in [0.2, 0.25) is 0 Å². The lowest BCUT2D eigenvalue weighted by Gasteiger charge is -2.16. The van der Waals surface area contributed by atoms with Crippen LogP contribution in [0.2, 0.25) is 0 Å². The summed E-state index contributed by atoms with van der Waals surface area (Å²) in [6.07, 6.45) is 2.15. The molecule has 0 aliphatic heterocycles. The maximum atomic E-state index is 9.72. The van der Waals surface area contributed by atoms with Crippen LogP contribution in [0.4, 0.5) is 0 Å². The number of pyridine rings is 1. The highest BCUT2D eigenvalue weighted by Gasteiger charge is 2.07. The summed E-state index contributed by atoms with van der Waals surface area (Å²) < 4.78 is 10.4. The molecule has 19 heavy (non-hydrogen) atoms. The highest BCUT2D eigenvalue weighted by atomic mass is 16.5. The Morgan fingerprint density at radius 1 is 1.37 bits per heavy atom. The lowest BCUT2D eigenvalue weighted by molar-refractivity contribution is -0.0310. The first kappa shape index (κ1) is 16.0. The molecule has 1 aromatic rings. The van der Waals surface area contributed by atoms with Crippen LogP contribution >= 0.6 is 0 Å². The Bertz CT molecular complexity index is 322. The number of aliphatic hydroxyl groups excluding tert-OH is 1. The van der Waals surface area contributed by atoms with Crippen LogP contribution in [0.5, 0.6) is 0 Å². The largest absolute Gasteiger partial charge is 0.389 e. The van der Waals surface area contributed by atoms with E-state index in [1.807, 2.05) is 25.1 Å². The molecule has 0 saturated carbocycles. The number of methoxy groups -OCH3 is 1. The van der Waals surface area contributed by atoms with Gasteiger partial charge in [-0.1, -0.05) is 6.07 Å². The van der Waals surface area contributed by atoms with Gasteiger partial charge in [0.25, 0.3) is 0 Å². The topological polar surface area (TPSA) is 63.6 Å². The minimum absolute atomic E-state index is 0.00756. The third-order valence-corrected chi connectivity index (χ3v) is 2.64. The Morgan fingerprint density at radius 2 is 2.21 bits per heavy atom. The number of ether oxygens (including phenoxy) is 2. The van der Waals surface area contributed by atoms with E-state index in [-0.39, 0.29) is 6.10 Å². The number of hydrogen-bond donors (Lipinski definition) is 2. The Kier molecular flexibility index (Phi) is 8.33. The van der Waals surface area contributed by atoms with E-state index in [9.17, 15) is 5.11 Å². The van der Waals surface area contributed by atoms with Crippen molar-refractivity contribution in [3.05, 3.63) is 30.1 Å². The molecule has 0 aliphatic carbocycles. The third-order valence-electron chi connectivity index (χ3n) is 2.64. The highest BCUT2D eigenvalue weighted by molar-refractivity contribution is 5.03. The van der Waals surface area contributed by atoms with E-state index in [1.54, 1.807) is 13.3 Å². The molecule has 0 fully saturated rings. The molecule has 1 rings (SSSR count). The van der Waals surface area contributed by atoms with E-state index in [1.165, 1.54) is 0 Å². The highest BCUT2D eigenvalue weighted by Crippen LogP contribution is 1.95. The van der Waals surface area contributed by atoms with Crippen molar-refractivity contribution < 1.29 is 14.6 Å². The Morgan fingerprint density at radius 3 is 2.89 bits per heavy atom. The normalized spacial score (nSPS) is 14.3. The number of rotatable bonds is 10. The molecule has 0 bridgehead atoms. The van der Waals surface area contributed by atoms with Gasteiger partial charge in [0.15, 0.2) is 0 Å². The smallest absolute Gasteiger partial charge is 0.0897 e. The van der Waals surface area contributed by atoms with Crippen LogP contribution in [-0.4, -0.2) is 55.7 Å². The van der Waals surface area contributed by atoms with Crippen LogP contribution in [0, 0.1) is 0 Å². The SMILES string of the molecule is COCC(C)OCC(O)CNCCc1ccccn1. The second kappa shape index (κ2) is 9.86. The van der Waals surface area contributed by atoms with Crippen molar-refractivity contribution in [2.24, 2.45) is 0 Å². The number of nitrogens with zero attached hydrogens (tertiary/aromatic N) is 1. The van der Waals surface area contributed by atoms with Crippen LogP contribution in [0.1, 0.15) is 12.6 Å². The van der Waals surface area contributed by atoms with Gasteiger partial charge < -0.3 is 19.9 Å². The molecular formula is C14H24N2O3. The molecule has 0 spiro atoms. The molecule has 5 nitrogen and oxygen atoms in total. The quantitative estimate of drug-likeness (QED) is 0.609. The van der Waals surface area contributed by atoms with Gasteiger partial charge in [-0.05, 0) is 19.1 Å². The van der Waals surface area contributed by atoms with Crippen molar-refractivity contribution in [3.8, 4) is 0 Å². The van der Waals surface area contributed by atoms with E-state index >= 15 is 0 Å². The lowest BCUT2D eigenvalue weighted by atomic mass is 10.2. The van der Waals surface area contributed by atoms with Gasteiger partial charge in [-0.3, -0.25) is 4.98 Å². The predicted molar refractivity (Wildman–Crippen MR) is 74.1 cm³/mol. The second-order valence-corrected chi connectivity index (χ2v) is 4.53. The molecule has 0 aliphatic rings. The van der Waals surface area contributed by atoms with E-state index in [2.05, 4.69) is 10.3 Å². The molecule has 108 valence electrons. The van der Waals surface area contributed by atoms with E-state index in [4.69, 9.17) is 9.47 Å². The number of nitrogens with one attached hydrogen (secondary N) is 1. The van der Waals surface area contributed by atoms with Crippen LogP contribution in [0.15, 0.2) is 24.4 Å². The summed E-state index contributed by atoms with van der Waals surface area (Å²) in [5, 5.41) is 12.9. The van der Waals surface area contributed by atoms with Crippen LogP contribution in [0.25, 0.3) is 0 Å². The molecule has 0 aromatic carbocycles. The fraction of sp³-hybridized carbons (Fsp3) is 0.643. The van der Waals surface area contributed by atoms with Crippen molar-refractivity contribution in [3.63, 3.8) is 0 Å². The molecule has 1 heterocycles. The zero-order valence-corrected chi connectivity index (χ0v) is 11.7. The Balaban J connectivity index is 2.02. The molecule has 2 N–H and O–H groups in total. The van der Waals surface area contributed by atoms with E-state index in [0.29, 0.717) is 19.8 Å². The molecule has 5 heteroatoms. The summed E-state index contributed by atoms with van der Waals surface area (Å²) in [5.74, 6) is 0. The average molecular weight is 268 g/mol. The molecule has 2 atom stereocenters. The average Bonchev–Trinajstić information content (AvgIpc) is 2.43. The molecular weight excluding hydrogens is 244 g/mol. The van der Waals surface area contributed by atoms with Crippen molar-refractivity contribution in [1.29, 1.82) is 0 Å². The second-order valence-electron chi connectivity index (χ2n) is 4.53.